The van der Waals surface area contributed by atoms with E-state index in [9.17, 15) is 14.4 Å². The molecule has 2 atom stereocenters. The molecule has 0 N–H and O–H groups in total. The fraction of sp³-hybridized carbons (Fsp3) is 0.0870. The Labute approximate surface area is 177 Å². The molecule has 4 nitrogen and oxygen atoms in total. The summed E-state index contributed by atoms with van der Waals surface area (Å²) in [5.41, 5.74) is 1.40. The molecule has 6 heteroatoms. The van der Waals surface area contributed by atoms with Gasteiger partial charge in [0.25, 0.3) is 5.91 Å². The lowest BCUT2D eigenvalue weighted by atomic mass is 9.86. The minimum absolute atomic E-state index is 0.217. The Morgan fingerprint density at radius 1 is 0.793 bits per heavy atom. The first-order valence-corrected chi connectivity index (χ1v) is 9.71. The number of benzene rings is 3. The van der Waals surface area contributed by atoms with E-state index in [4.69, 9.17) is 23.2 Å². The third kappa shape index (κ3) is 3.46. The molecule has 0 bridgehead atoms. The van der Waals surface area contributed by atoms with E-state index in [-0.39, 0.29) is 10.6 Å². The molecule has 1 fully saturated rings. The fourth-order valence-electron chi connectivity index (χ4n) is 3.63. The predicted octanol–water partition coefficient (Wildman–Crippen LogP) is 5.15. The van der Waals surface area contributed by atoms with Crippen LogP contribution in [0, 0.1) is 5.92 Å². The van der Waals surface area contributed by atoms with Gasteiger partial charge in [-0.05, 0) is 42.0 Å². The third-order valence-electron chi connectivity index (χ3n) is 4.97. The van der Waals surface area contributed by atoms with Gasteiger partial charge in [0.1, 0.15) is 5.92 Å². The summed E-state index contributed by atoms with van der Waals surface area (Å²) in [5, 5.41) is 0.760. The van der Waals surface area contributed by atoms with Gasteiger partial charge in [-0.3, -0.25) is 19.3 Å². The molecule has 0 aromatic heterocycles. The zero-order valence-corrected chi connectivity index (χ0v) is 16.6. The van der Waals surface area contributed by atoms with E-state index in [0.29, 0.717) is 16.3 Å². The molecule has 0 spiro atoms. The maximum absolute atomic E-state index is 13.3. The molecule has 1 heterocycles. The van der Waals surface area contributed by atoms with Crippen molar-refractivity contribution >= 4 is 46.4 Å². The van der Waals surface area contributed by atoms with Crippen molar-refractivity contribution in [3.8, 4) is 0 Å². The largest absolute Gasteiger partial charge is 0.297 e. The molecule has 1 aliphatic rings. The molecule has 1 aliphatic heterocycles. The van der Waals surface area contributed by atoms with Crippen LogP contribution < -0.4 is 4.90 Å². The maximum Gasteiger partial charge on any atom is 0.295 e. The Bertz CT molecular complexity index is 1100. The van der Waals surface area contributed by atoms with Crippen LogP contribution in [0.25, 0.3) is 0 Å². The number of carbonyl (C=O) groups is 3. The first kappa shape index (κ1) is 19.4. The average Bonchev–Trinajstić information content (AvgIpc) is 3.00. The second-order valence-corrected chi connectivity index (χ2v) is 7.54. The van der Waals surface area contributed by atoms with Gasteiger partial charge in [-0.2, -0.15) is 0 Å². The first-order valence-electron chi connectivity index (χ1n) is 8.95. The van der Waals surface area contributed by atoms with E-state index >= 15 is 0 Å². The highest BCUT2D eigenvalue weighted by Gasteiger charge is 2.52. The number of hydrogen-bond donors (Lipinski definition) is 0. The number of Topliss-reactive ketones (excluding diaryl/α,β-unsaturated/α-hetero) is 2. The van der Waals surface area contributed by atoms with Gasteiger partial charge in [0.05, 0.1) is 11.1 Å². The summed E-state index contributed by atoms with van der Waals surface area (Å²) in [7, 11) is 0. The summed E-state index contributed by atoms with van der Waals surface area (Å²) in [4.78, 5) is 40.7. The van der Waals surface area contributed by atoms with Crippen LogP contribution in [-0.2, 0) is 9.59 Å². The van der Waals surface area contributed by atoms with E-state index < -0.39 is 29.4 Å². The summed E-state index contributed by atoms with van der Waals surface area (Å²) in [6, 6.07) is 21.3. The summed E-state index contributed by atoms with van der Waals surface area (Å²) in [5.74, 6) is -3.16. The quantitative estimate of drug-likeness (QED) is 0.331. The maximum atomic E-state index is 13.3. The van der Waals surface area contributed by atoms with Crippen LogP contribution in [0.4, 0.5) is 5.69 Å². The SMILES string of the molecule is O=C1C(=O)N(c2ccccc2)C(c2ccc(Cl)cc2)C1C(=O)c1ccccc1Cl. The Hall–Kier alpha value is -2.95. The van der Waals surface area contributed by atoms with Crippen LogP contribution in [-0.4, -0.2) is 17.5 Å². The second-order valence-electron chi connectivity index (χ2n) is 6.69. The molecule has 0 saturated carbocycles. The molecular formula is C23H15Cl2NO3. The topological polar surface area (TPSA) is 54.5 Å². The van der Waals surface area contributed by atoms with Gasteiger partial charge in [0.2, 0.25) is 5.78 Å². The van der Waals surface area contributed by atoms with Crippen molar-refractivity contribution in [2.75, 3.05) is 4.90 Å². The van der Waals surface area contributed by atoms with Crippen molar-refractivity contribution in [1.29, 1.82) is 0 Å². The normalized spacial score (nSPS) is 18.9. The second kappa shape index (κ2) is 7.82. The van der Waals surface area contributed by atoms with E-state index in [2.05, 4.69) is 0 Å². The summed E-state index contributed by atoms with van der Waals surface area (Å²) in [6.45, 7) is 0. The molecule has 3 aromatic rings. The summed E-state index contributed by atoms with van der Waals surface area (Å²) >= 11 is 12.2. The molecule has 29 heavy (non-hydrogen) atoms. The Balaban J connectivity index is 1.87. The lowest BCUT2D eigenvalue weighted by Crippen LogP contribution is -2.30. The molecule has 0 radical (unpaired) electrons. The molecule has 4 rings (SSSR count). The number of nitrogens with zero attached hydrogens (tertiary/aromatic N) is 1. The Morgan fingerprint density at radius 3 is 2.07 bits per heavy atom. The highest BCUT2D eigenvalue weighted by atomic mass is 35.5. The monoisotopic (exact) mass is 423 g/mol. The molecular weight excluding hydrogens is 409 g/mol. The number of hydrogen-bond acceptors (Lipinski definition) is 3. The molecule has 1 amide bonds. The molecule has 144 valence electrons. The highest BCUT2D eigenvalue weighted by molar-refractivity contribution is 6.49. The first-order chi connectivity index (χ1) is 14.0. The average molecular weight is 424 g/mol. The Morgan fingerprint density at radius 2 is 1.41 bits per heavy atom. The number of halogens is 2. The number of amides is 1. The molecule has 2 unspecified atom stereocenters. The van der Waals surface area contributed by atoms with Crippen LogP contribution in [0.3, 0.4) is 0 Å². The number of ketones is 2. The van der Waals surface area contributed by atoms with Crippen LogP contribution in [0.5, 0.6) is 0 Å². The predicted molar refractivity (Wildman–Crippen MR) is 112 cm³/mol. The minimum atomic E-state index is -1.20. The van der Waals surface area contributed by atoms with Crippen molar-refractivity contribution < 1.29 is 14.4 Å². The lowest BCUT2D eigenvalue weighted by molar-refractivity contribution is -0.135. The fourth-order valence-corrected chi connectivity index (χ4v) is 3.98. The molecule has 1 saturated heterocycles. The van der Waals surface area contributed by atoms with Crippen molar-refractivity contribution in [2.45, 2.75) is 6.04 Å². The minimum Gasteiger partial charge on any atom is -0.297 e. The Kier molecular flexibility index (Phi) is 5.22. The van der Waals surface area contributed by atoms with Crippen LogP contribution >= 0.6 is 23.2 Å². The smallest absolute Gasteiger partial charge is 0.295 e. The standard InChI is InChI=1S/C23H15Cl2NO3/c24-15-12-10-14(11-13-15)20-19(21(27)17-8-4-5-9-18(17)25)22(28)23(29)26(20)16-6-2-1-3-7-16/h1-13,19-20H. The van der Waals surface area contributed by atoms with Gasteiger partial charge in [-0.1, -0.05) is 65.7 Å². The zero-order chi connectivity index (χ0) is 20.5. The van der Waals surface area contributed by atoms with E-state index in [1.54, 1.807) is 72.8 Å². The summed E-state index contributed by atoms with van der Waals surface area (Å²) < 4.78 is 0. The van der Waals surface area contributed by atoms with Crippen molar-refractivity contribution in [3.63, 3.8) is 0 Å². The summed E-state index contributed by atoms with van der Waals surface area (Å²) in [6.07, 6.45) is 0. The van der Waals surface area contributed by atoms with E-state index in [1.165, 1.54) is 4.90 Å². The lowest BCUT2D eigenvalue weighted by Gasteiger charge is -2.27. The highest BCUT2D eigenvalue weighted by Crippen LogP contribution is 2.41. The van der Waals surface area contributed by atoms with Crippen molar-refractivity contribution in [3.05, 3.63) is 100 Å². The van der Waals surface area contributed by atoms with E-state index in [0.717, 1.165) is 0 Å². The third-order valence-corrected chi connectivity index (χ3v) is 5.56. The van der Waals surface area contributed by atoms with Gasteiger partial charge in [-0.25, -0.2) is 0 Å². The van der Waals surface area contributed by atoms with E-state index in [1.807, 2.05) is 6.07 Å². The van der Waals surface area contributed by atoms with Gasteiger partial charge in [0, 0.05) is 16.3 Å². The van der Waals surface area contributed by atoms with Gasteiger partial charge in [0.15, 0.2) is 5.78 Å². The molecule has 0 aliphatic carbocycles. The zero-order valence-electron chi connectivity index (χ0n) is 15.1. The molecule has 3 aromatic carbocycles. The van der Waals surface area contributed by atoms with Crippen LogP contribution in [0.1, 0.15) is 22.0 Å². The number of anilines is 1. The number of rotatable bonds is 4. The van der Waals surface area contributed by atoms with Crippen molar-refractivity contribution in [1.82, 2.24) is 0 Å². The number of para-hydroxylation sites is 1. The van der Waals surface area contributed by atoms with Gasteiger partial charge in [-0.15, -0.1) is 0 Å². The van der Waals surface area contributed by atoms with Crippen molar-refractivity contribution in [2.24, 2.45) is 5.92 Å². The van der Waals surface area contributed by atoms with Gasteiger partial charge < -0.3 is 0 Å². The van der Waals surface area contributed by atoms with Crippen LogP contribution in [0.2, 0.25) is 10.0 Å². The van der Waals surface area contributed by atoms with Crippen LogP contribution in [0.15, 0.2) is 78.9 Å². The van der Waals surface area contributed by atoms with Gasteiger partial charge >= 0.3 is 0 Å². The number of carbonyl (C=O) groups excluding carboxylic acids is 3.